The first-order chi connectivity index (χ1) is 18.2. The minimum Gasteiger partial charge on any atom is -0.395 e. The maximum Gasteiger partial charge on any atom is 0.449 e. The molecule has 232 valence electrons. The average Bonchev–Trinajstić information content (AvgIpc) is 2.80. The van der Waals surface area contributed by atoms with E-state index in [-0.39, 0.29) is 36.3 Å². The van der Waals surface area contributed by atoms with E-state index in [0.717, 1.165) is 12.1 Å². The van der Waals surface area contributed by atoms with Crippen LogP contribution in [-0.4, -0.2) is 71.8 Å². The fourth-order valence-electron chi connectivity index (χ4n) is 3.60. The molecule has 0 aliphatic carbocycles. The molecule has 0 spiro atoms. The van der Waals surface area contributed by atoms with Gasteiger partial charge in [0.1, 0.15) is 0 Å². The van der Waals surface area contributed by atoms with Crippen molar-refractivity contribution in [2.45, 2.75) is 63.6 Å². The van der Waals surface area contributed by atoms with Crippen molar-refractivity contribution in [3.63, 3.8) is 0 Å². The van der Waals surface area contributed by atoms with Gasteiger partial charge in [0.15, 0.2) is 6.79 Å². The highest BCUT2D eigenvalue weighted by molar-refractivity contribution is 6.66. The molecule has 0 aliphatic rings. The third kappa shape index (κ3) is 9.81. The number of para-hydroxylation sites is 1. The molecule has 6 nitrogen and oxygen atoms in total. The second-order valence-corrected chi connectivity index (χ2v) is 11.7. The predicted molar refractivity (Wildman–Crippen MR) is 121 cm³/mol. The molecule has 1 aromatic carbocycles. The molecule has 18 heteroatoms. The van der Waals surface area contributed by atoms with Gasteiger partial charge in [-0.25, -0.2) is 8.78 Å². The summed E-state index contributed by atoms with van der Waals surface area (Å²) in [4.78, 5) is 13.3. The van der Waals surface area contributed by atoms with Crippen LogP contribution in [0.3, 0.4) is 0 Å². The van der Waals surface area contributed by atoms with Crippen molar-refractivity contribution in [1.82, 2.24) is 0 Å². The van der Waals surface area contributed by atoms with E-state index < -0.39 is 64.5 Å². The second kappa shape index (κ2) is 14.2. The first-order valence-electron chi connectivity index (χ1n) is 11.7. The van der Waals surface area contributed by atoms with Gasteiger partial charge in [-0.3, -0.25) is 4.79 Å². The van der Waals surface area contributed by atoms with Gasteiger partial charge in [0.25, 0.3) is 6.36 Å². The molecule has 1 rings (SSSR count). The molecule has 0 saturated carbocycles. The van der Waals surface area contributed by atoms with E-state index in [2.05, 4.69) is 9.47 Å². The van der Waals surface area contributed by atoms with Crippen LogP contribution in [0.5, 0.6) is 0 Å². The number of hydrogen-bond acceptors (Lipinski definition) is 5. The summed E-state index contributed by atoms with van der Waals surface area (Å²) >= 11 is 0. The lowest BCUT2D eigenvalue weighted by Crippen LogP contribution is -2.61. The van der Waals surface area contributed by atoms with Gasteiger partial charge in [-0.2, -0.15) is 39.5 Å². The molecule has 0 aliphatic heterocycles. The fraction of sp³-hybridized carbons (Fsp3) is 0.682. The molecule has 40 heavy (non-hydrogen) atoms. The normalized spacial score (nSPS) is 16.4. The Labute approximate surface area is 223 Å². The number of carbonyl (C=O) groups is 1. The summed E-state index contributed by atoms with van der Waals surface area (Å²) in [5.74, 6) is -13.1. The zero-order valence-electron chi connectivity index (χ0n) is 21.4. The Hall–Kier alpha value is -2.02. The van der Waals surface area contributed by atoms with Crippen molar-refractivity contribution < 1.29 is 71.4 Å². The minimum atomic E-state index is -6.63. The Morgan fingerprint density at radius 1 is 0.900 bits per heavy atom. The van der Waals surface area contributed by atoms with E-state index in [0.29, 0.717) is 0 Å². The average molecular weight is 624 g/mol. The first-order valence-corrected chi connectivity index (χ1v) is 14.2. The number of anilines is 1. The lowest BCUT2D eigenvalue weighted by molar-refractivity contribution is -0.402. The Bertz CT molecular complexity index is 911. The van der Waals surface area contributed by atoms with Crippen molar-refractivity contribution in [3.05, 3.63) is 30.3 Å². The molecule has 0 radical (unpaired) electrons. The minimum absolute atomic E-state index is 0.0711. The molecule has 0 N–H and O–H groups in total. The van der Waals surface area contributed by atoms with Crippen molar-refractivity contribution in [2.75, 3.05) is 31.5 Å². The van der Waals surface area contributed by atoms with Gasteiger partial charge in [-0.05, 0) is 45.0 Å². The van der Waals surface area contributed by atoms with Crippen LogP contribution in [0, 0.1) is 5.92 Å². The number of carbonyl (C=O) groups excluding carboxylic acids is 1. The first kappa shape index (κ1) is 36.0. The van der Waals surface area contributed by atoms with Gasteiger partial charge < -0.3 is 23.2 Å². The molecular weight excluding hydrogens is 595 g/mol. The van der Waals surface area contributed by atoms with Crippen molar-refractivity contribution in [3.8, 4) is 0 Å². The zero-order valence-corrected chi connectivity index (χ0v) is 22.4. The van der Waals surface area contributed by atoms with E-state index in [4.69, 9.17) is 8.85 Å². The van der Waals surface area contributed by atoms with Crippen LogP contribution in [0.25, 0.3) is 0 Å². The predicted octanol–water partition coefficient (Wildman–Crippen LogP) is 6.81. The fourth-order valence-corrected chi connectivity index (χ4v) is 5.99. The lowest BCUT2D eigenvalue weighted by atomic mass is 9.96. The molecule has 1 aromatic rings. The van der Waals surface area contributed by atoms with Crippen LogP contribution in [-0.2, 0) is 23.1 Å². The summed E-state index contributed by atoms with van der Waals surface area (Å²) in [5.41, 5.74) is -0.348. The maximum absolute atomic E-state index is 15.2. The Balaban J connectivity index is 3.45. The summed E-state index contributed by atoms with van der Waals surface area (Å²) in [6, 6.07) is 6.08. The largest absolute Gasteiger partial charge is 0.449 e. The number of hydrogen-bond donors (Lipinski definition) is 0. The van der Waals surface area contributed by atoms with Crippen LogP contribution in [0.15, 0.2) is 30.3 Å². The summed E-state index contributed by atoms with van der Waals surface area (Å²) < 4.78 is 166. The molecule has 1 amide bonds. The van der Waals surface area contributed by atoms with Crippen LogP contribution in [0.4, 0.5) is 54.0 Å². The highest BCUT2D eigenvalue weighted by Gasteiger charge is 2.73. The molecule has 3 atom stereocenters. The van der Waals surface area contributed by atoms with E-state index in [1.807, 2.05) is 0 Å². The topological polar surface area (TPSA) is 57.2 Å². The molecule has 3 unspecified atom stereocenters. The van der Waals surface area contributed by atoms with Gasteiger partial charge >= 0.3 is 32.9 Å². The Kier molecular flexibility index (Phi) is 12.8. The van der Waals surface area contributed by atoms with E-state index in [9.17, 15) is 48.7 Å². The summed E-state index contributed by atoms with van der Waals surface area (Å²) in [6.07, 6.45) is -23.2. The van der Waals surface area contributed by atoms with E-state index in [1.165, 1.54) is 18.2 Å². The van der Waals surface area contributed by atoms with Gasteiger partial charge in [0.05, 0.1) is 0 Å². The van der Waals surface area contributed by atoms with Gasteiger partial charge in [0, 0.05) is 25.4 Å². The third-order valence-electron chi connectivity index (χ3n) is 5.32. The van der Waals surface area contributed by atoms with E-state index in [1.54, 1.807) is 20.4 Å². The number of alkyl halides is 11. The zero-order chi connectivity index (χ0) is 31.0. The summed E-state index contributed by atoms with van der Waals surface area (Å²) in [7, 11) is -2.91. The third-order valence-corrected chi connectivity index (χ3v) is 8.38. The smallest absolute Gasteiger partial charge is 0.395 e. The van der Waals surface area contributed by atoms with E-state index >= 15 is 4.39 Å². The molecular formula is C22H28F11NO5Si. The van der Waals surface area contributed by atoms with Crippen LogP contribution in [0.1, 0.15) is 20.3 Å². The standard InChI is InChI=1S/C22H28F11NO5Si/c1-4-38-40(3,39-5-2)13-9-12-34(15-10-7-6-8-11-15)17(35)16(20(25,26)27)19(24,22(31,32)33)37-14-36-18(23)21(28,29)30/h6-8,10-11,16,18H,4-5,9,12-14H2,1-3H3. The molecule has 0 fully saturated rings. The summed E-state index contributed by atoms with van der Waals surface area (Å²) in [6.45, 7) is 2.13. The number of ether oxygens (including phenoxy) is 2. The van der Waals surface area contributed by atoms with Gasteiger partial charge in [-0.15, -0.1) is 0 Å². The molecule has 0 bridgehead atoms. The highest BCUT2D eigenvalue weighted by atomic mass is 28.4. The molecule has 0 aromatic heterocycles. The molecule has 0 saturated heterocycles. The lowest BCUT2D eigenvalue weighted by Gasteiger charge is -2.37. The van der Waals surface area contributed by atoms with Crippen LogP contribution in [0.2, 0.25) is 12.6 Å². The SMILES string of the molecule is CCO[Si](C)(CCCN(C(=O)C(C(F)(F)F)C(F)(OCOC(F)C(F)(F)F)C(F)(F)F)c1ccccc1)OCC. The number of benzene rings is 1. The van der Waals surface area contributed by atoms with Crippen molar-refractivity contribution in [1.29, 1.82) is 0 Å². The maximum atomic E-state index is 15.2. The van der Waals surface area contributed by atoms with Gasteiger partial charge in [0.2, 0.25) is 11.8 Å². The highest BCUT2D eigenvalue weighted by Crippen LogP contribution is 2.49. The van der Waals surface area contributed by atoms with Gasteiger partial charge in [-0.1, -0.05) is 18.2 Å². The second-order valence-electron chi connectivity index (χ2n) is 8.33. The molecule has 0 heterocycles. The summed E-state index contributed by atoms with van der Waals surface area (Å²) in [5, 5.41) is 0. The quantitative estimate of drug-likeness (QED) is 0.122. The Morgan fingerprint density at radius 3 is 1.85 bits per heavy atom. The number of halogens is 11. The number of amides is 1. The number of rotatable bonds is 15. The number of nitrogens with zero attached hydrogens (tertiary/aromatic N) is 1. The van der Waals surface area contributed by atoms with Crippen LogP contribution >= 0.6 is 0 Å². The van der Waals surface area contributed by atoms with Crippen molar-refractivity contribution in [2.24, 2.45) is 5.92 Å². The van der Waals surface area contributed by atoms with Crippen LogP contribution < -0.4 is 4.90 Å². The van der Waals surface area contributed by atoms with Crippen molar-refractivity contribution >= 4 is 20.2 Å². The Morgan fingerprint density at radius 2 is 1.43 bits per heavy atom. The monoisotopic (exact) mass is 623 g/mol.